The van der Waals surface area contributed by atoms with Crippen LogP contribution in [0, 0.1) is 0 Å². The molecule has 0 aromatic heterocycles. The molecule has 0 spiro atoms. The first kappa shape index (κ1) is 20.7. The van der Waals surface area contributed by atoms with Crippen LogP contribution in [0.4, 0.5) is 0 Å². The first-order valence-corrected chi connectivity index (χ1v) is 10.6. The van der Waals surface area contributed by atoms with E-state index >= 15 is 0 Å². The predicted octanol–water partition coefficient (Wildman–Crippen LogP) is 5.35. The Labute approximate surface area is 154 Å². The second-order valence-electron chi connectivity index (χ2n) is 5.96. The normalized spacial score (nSPS) is 11.8. The molecule has 0 amide bonds. The van der Waals surface area contributed by atoms with E-state index in [-0.39, 0.29) is 15.0 Å². The Hall–Kier alpha value is -1.37. The zero-order valence-corrected chi connectivity index (χ0v) is 16.6. The van der Waals surface area contributed by atoms with Gasteiger partial charge in [0.2, 0.25) is 0 Å². The fourth-order valence-corrected chi connectivity index (χ4v) is 3.98. The van der Waals surface area contributed by atoms with Gasteiger partial charge in [-0.2, -0.15) is 0 Å². The second-order valence-corrected chi connectivity index (χ2v) is 8.33. The van der Waals surface area contributed by atoms with Gasteiger partial charge < -0.3 is 0 Å². The maximum atomic E-state index is 11.9. The minimum absolute atomic E-state index is 0.0154. The molecule has 0 bridgehead atoms. The summed E-state index contributed by atoms with van der Waals surface area (Å²) in [4.78, 5) is 11.9. The Balaban J connectivity index is 2.05. The van der Waals surface area contributed by atoms with E-state index in [0.717, 1.165) is 38.5 Å². The van der Waals surface area contributed by atoms with E-state index in [9.17, 15) is 4.79 Å². The molecule has 2 heteroatoms. The first-order chi connectivity index (χ1) is 11.7. The zero-order valence-electron chi connectivity index (χ0n) is 14.9. The van der Waals surface area contributed by atoms with Crippen molar-refractivity contribution in [1.29, 1.82) is 0 Å². The van der Waals surface area contributed by atoms with Gasteiger partial charge >= 0.3 is 135 Å². The quantitative estimate of drug-likeness (QED) is 0.252. The van der Waals surface area contributed by atoms with Gasteiger partial charge in [0.15, 0.2) is 0 Å². The van der Waals surface area contributed by atoms with Crippen LogP contribution < -0.4 is 4.46 Å². The van der Waals surface area contributed by atoms with Crippen LogP contribution in [-0.2, 0) is 4.79 Å². The molecule has 0 aliphatic heterocycles. The van der Waals surface area contributed by atoms with Crippen LogP contribution in [0.25, 0.3) is 0 Å². The summed E-state index contributed by atoms with van der Waals surface area (Å²) in [7, 11) is 0. The Morgan fingerprint density at radius 1 is 1.00 bits per heavy atom. The molecule has 0 N–H and O–H groups in total. The number of benzene rings is 1. The third-order valence-electron chi connectivity index (χ3n) is 3.70. The number of carbonyl (C=O) groups excluding carboxylic acids is 1. The predicted molar refractivity (Wildman–Crippen MR) is 107 cm³/mol. The van der Waals surface area contributed by atoms with Gasteiger partial charge in [-0.3, -0.25) is 0 Å². The van der Waals surface area contributed by atoms with Gasteiger partial charge in [0.25, 0.3) is 0 Å². The van der Waals surface area contributed by atoms with Gasteiger partial charge in [-0.25, -0.2) is 0 Å². The molecule has 1 nitrogen and oxygen atoms in total. The topological polar surface area (TPSA) is 17.1 Å². The van der Waals surface area contributed by atoms with Crippen molar-refractivity contribution in [1.82, 2.24) is 0 Å². The van der Waals surface area contributed by atoms with Gasteiger partial charge in [0, 0.05) is 0 Å². The summed E-state index contributed by atoms with van der Waals surface area (Å²) >= 11 is -0.0154. The molecule has 0 heterocycles. The Morgan fingerprint density at radius 2 is 1.75 bits per heavy atom. The van der Waals surface area contributed by atoms with E-state index in [2.05, 4.69) is 31.7 Å². The van der Waals surface area contributed by atoms with E-state index in [1.807, 2.05) is 36.4 Å². The molecule has 24 heavy (non-hydrogen) atoms. The zero-order chi connectivity index (χ0) is 17.5. The third kappa shape index (κ3) is 11.2. The van der Waals surface area contributed by atoms with Crippen molar-refractivity contribution >= 4 is 24.1 Å². The van der Waals surface area contributed by atoms with Crippen molar-refractivity contribution < 1.29 is 4.79 Å². The van der Waals surface area contributed by atoms with Crippen molar-refractivity contribution in [2.75, 3.05) is 0 Å². The summed E-state index contributed by atoms with van der Waals surface area (Å²) in [6.07, 6.45) is 17.2. The van der Waals surface area contributed by atoms with E-state index in [0.29, 0.717) is 11.1 Å². The van der Waals surface area contributed by atoms with Gasteiger partial charge in [0.1, 0.15) is 0 Å². The van der Waals surface area contributed by atoms with Crippen LogP contribution in [0.1, 0.15) is 58.3 Å². The molecule has 1 rings (SSSR count). The van der Waals surface area contributed by atoms with Crippen LogP contribution in [0.3, 0.4) is 0 Å². The van der Waals surface area contributed by atoms with Crippen molar-refractivity contribution in [3.63, 3.8) is 0 Å². The molecule has 0 saturated carbocycles. The first-order valence-electron chi connectivity index (χ1n) is 8.89. The molecule has 0 aliphatic carbocycles. The van der Waals surface area contributed by atoms with Crippen LogP contribution in [0.15, 0.2) is 66.8 Å². The van der Waals surface area contributed by atoms with E-state index in [1.165, 1.54) is 16.5 Å². The maximum absolute atomic E-state index is 11.9. The van der Waals surface area contributed by atoms with Crippen molar-refractivity contribution in [3.05, 3.63) is 66.8 Å². The SMILES string of the molecule is C=CCCC/C=C(\C)CC/C=C\CCCC(=O)[Se]c1ccccc1. The summed E-state index contributed by atoms with van der Waals surface area (Å²) in [5.74, 6) is 0. The average molecular weight is 389 g/mol. The molecule has 0 atom stereocenters. The fraction of sp³-hybridized carbons (Fsp3) is 0.409. The number of hydrogen-bond acceptors (Lipinski definition) is 1. The van der Waals surface area contributed by atoms with E-state index in [4.69, 9.17) is 0 Å². The van der Waals surface area contributed by atoms with E-state index < -0.39 is 0 Å². The number of hydrogen-bond donors (Lipinski definition) is 0. The summed E-state index contributed by atoms with van der Waals surface area (Å²) in [5, 5.41) is 0. The molecule has 0 unspecified atom stereocenters. The number of allylic oxidation sites excluding steroid dienone is 5. The third-order valence-corrected chi connectivity index (χ3v) is 5.68. The number of carbonyl (C=O) groups is 1. The Morgan fingerprint density at radius 3 is 2.50 bits per heavy atom. The second kappa shape index (κ2) is 14.0. The van der Waals surface area contributed by atoms with Crippen LogP contribution >= 0.6 is 0 Å². The van der Waals surface area contributed by atoms with Crippen LogP contribution in [-0.4, -0.2) is 19.6 Å². The number of rotatable bonds is 13. The molecular formula is C22H30OSe. The molecule has 1 aromatic carbocycles. The molecule has 0 saturated heterocycles. The summed E-state index contributed by atoms with van der Waals surface area (Å²) in [6, 6.07) is 10.1. The standard InChI is InChI=1S/C22H30OSe/c1-3-4-5-10-15-20(2)16-11-7-6-8-14-19-22(23)24-21-17-12-9-13-18-21/h3,6-7,9,12-13,15,17-18H,1,4-5,8,10-11,14,16,19H2,2H3/b7-6-,20-15+. The summed E-state index contributed by atoms with van der Waals surface area (Å²) in [5.41, 5.74) is 1.48. The summed E-state index contributed by atoms with van der Waals surface area (Å²) < 4.78 is 1.58. The Bertz CT molecular complexity index is 528. The van der Waals surface area contributed by atoms with Gasteiger partial charge in [0.05, 0.1) is 0 Å². The van der Waals surface area contributed by atoms with Gasteiger partial charge in [-0.1, -0.05) is 6.08 Å². The number of unbranched alkanes of at least 4 members (excludes halogenated alkanes) is 3. The minimum atomic E-state index is -0.0154. The molecule has 1 aromatic rings. The molecule has 0 aliphatic rings. The van der Waals surface area contributed by atoms with Gasteiger partial charge in [-0.15, -0.1) is 6.58 Å². The molecular weight excluding hydrogens is 359 g/mol. The monoisotopic (exact) mass is 390 g/mol. The Kier molecular flexibility index (Phi) is 12.1. The summed E-state index contributed by atoms with van der Waals surface area (Å²) in [6.45, 7) is 5.96. The van der Waals surface area contributed by atoms with Crippen LogP contribution in [0.2, 0.25) is 0 Å². The van der Waals surface area contributed by atoms with Crippen molar-refractivity contribution in [2.24, 2.45) is 0 Å². The molecule has 0 radical (unpaired) electrons. The fourth-order valence-electron chi connectivity index (χ4n) is 2.29. The van der Waals surface area contributed by atoms with E-state index in [1.54, 1.807) is 0 Å². The molecule has 0 fully saturated rings. The van der Waals surface area contributed by atoms with Gasteiger partial charge in [-0.05, 0) is 6.42 Å². The average Bonchev–Trinajstić information content (AvgIpc) is 2.59. The molecule has 130 valence electrons. The van der Waals surface area contributed by atoms with Crippen molar-refractivity contribution in [2.45, 2.75) is 58.3 Å². The van der Waals surface area contributed by atoms with Crippen LogP contribution in [0.5, 0.6) is 0 Å². The van der Waals surface area contributed by atoms with Crippen molar-refractivity contribution in [3.8, 4) is 0 Å².